The SMILES string of the molecule is CCOC(=O)C(CC)C(=O)Cc1cccc(CC(=O)C(CC)C(=O)OCC)c1. The first-order valence-corrected chi connectivity index (χ1v) is 9.84. The molecule has 1 aromatic rings. The van der Waals surface area contributed by atoms with Crippen LogP contribution in [0.5, 0.6) is 0 Å². The fraction of sp³-hybridized carbons (Fsp3) is 0.545. The molecule has 0 aliphatic heterocycles. The second kappa shape index (κ2) is 12.1. The van der Waals surface area contributed by atoms with Gasteiger partial charge in [-0.3, -0.25) is 19.2 Å². The zero-order valence-corrected chi connectivity index (χ0v) is 17.2. The quantitative estimate of drug-likeness (QED) is 0.403. The van der Waals surface area contributed by atoms with Crippen LogP contribution in [0.2, 0.25) is 0 Å². The third-order valence-electron chi connectivity index (χ3n) is 4.48. The molecule has 6 heteroatoms. The Morgan fingerprint density at radius 3 is 1.46 bits per heavy atom. The minimum Gasteiger partial charge on any atom is -0.465 e. The van der Waals surface area contributed by atoms with E-state index in [-0.39, 0.29) is 37.6 Å². The molecule has 0 N–H and O–H groups in total. The van der Waals surface area contributed by atoms with Gasteiger partial charge in [0.2, 0.25) is 0 Å². The number of ketones is 2. The van der Waals surface area contributed by atoms with E-state index in [1.165, 1.54) is 0 Å². The Morgan fingerprint density at radius 2 is 1.14 bits per heavy atom. The van der Waals surface area contributed by atoms with Gasteiger partial charge in [0, 0.05) is 12.8 Å². The van der Waals surface area contributed by atoms with Crippen molar-refractivity contribution in [2.24, 2.45) is 11.8 Å². The summed E-state index contributed by atoms with van der Waals surface area (Å²) in [5, 5.41) is 0. The Balaban J connectivity index is 2.83. The molecular formula is C22H30O6. The van der Waals surface area contributed by atoms with Crippen LogP contribution in [0.25, 0.3) is 0 Å². The van der Waals surface area contributed by atoms with Crippen molar-refractivity contribution in [3.05, 3.63) is 35.4 Å². The number of carbonyl (C=O) groups excluding carboxylic acids is 4. The van der Waals surface area contributed by atoms with E-state index < -0.39 is 23.8 Å². The minimum atomic E-state index is -0.779. The number of carbonyl (C=O) groups is 4. The van der Waals surface area contributed by atoms with Gasteiger partial charge in [-0.25, -0.2) is 0 Å². The van der Waals surface area contributed by atoms with Crippen molar-refractivity contribution in [3.8, 4) is 0 Å². The van der Waals surface area contributed by atoms with Gasteiger partial charge in [-0.1, -0.05) is 38.1 Å². The number of Topliss-reactive ketones (excluding diaryl/α,β-unsaturated/α-hetero) is 2. The molecule has 0 spiro atoms. The molecule has 0 bridgehead atoms. The van der Waals surface area contributed by atoms with E-state index in [4.69, 9.17) is 9.47 Å². The van der Waals surface area contributed by atoms with Crippen molar-refractivity contribution >= 4 is 23.5 Å². The van der Waals surface area contributed by atoms with E-state index >= 15 is 0 Å². The van der Waals surface area contributed by atoms with Crippen LogP contribution in [0.15, 0.2) is 24.3 Å². The molecule has 0 heterocycles. The molecule has 0 saturated heterocycles. The van der Waals surface area contributed by atoms with Crippen LogP contribution in [0.3, 0.4) is 0 Å². The molecule has 0 aliphatic carbocycles. The number of ether oxygens (including phenoxy) is 2. The minimum absolute atomic E-state index is 0.0917. The third kappa shape index (κ3) is 6.91. The van der Waals surface area contributed by atoms with Gasteiger partial charge in [-0.2, -0.15) is 0 Å². The maximum absolute atomic E-state index is 12.5. The van der Waals surface area contributed by atoms with Gasteiger partial charge in [-0.05, 0) is 37.8 Å². The molecular weight excluding hydrogens is 360 g/mol. The Morgan fingerprint density at radius 1 is 0.750 bits per heavy atom. The fourth-order valence-electron chi connectivity index (χ4n) is 3.04. The normalized spacial score (nSPS) is 12.7. The molecule has 6 nitrogen and oxygen atoms in total. The van der Waals surface area contributed by atoms with Gasteiger partial charge in [-0.15, -0.1) is 0 Å². The molecule has 0 aliphatic rings. The topological polar surface area (TPSA) is 86.7 Å². The van der Waals surface area contributed by atoms with Crippen LogP contribution >= 0.6 is 0 Å². The van der Waals surface area contributed by atoms with E-state index in [1.54, 1.807) is 52.0 Å². The number of hydrogen-bond acceptors (Lipinski definition) is 6. The van der Waals surface area contributed by atoms with E-state index in [0.29, 0.717) is 12.8 Å². The predicted octanol–water partition coefficient (Wildman–Crippen LogP) is 3.09. The third-order valence-corrected chi connectivity index (χ3v) is 4.48. The van der Waals surface area contributed by atoms with Crippen molar-refractivity contribution in [2.75, 3.05) is 13.2 Å². The highest BCUT2D eigenvalue weighted by atomic mass is 16.5. The number of esters is 2. The van der Waals surface area contributed by atoms with Crippen molar-refractivity contribution in [1.29, 1.82) is 0 Å². The molecule has 0 amide bonds. The lowest BCUT2D eigenvalue weighted by atomic mass is 9.92. The molecule has 1 rings (SSSR count). The first-order chi connectivity index (χ1) is 13.4. The average molecular weight is 390 g/mol. The molecule has 0 radical (unpaired) electrons. The van der Waals surface area contributed by atoms with Gasteiger partial charge in [0.25, 0.3) is 0 Å². The smallest absolute Gasteiger partial charge is 0.316 e. The molecule has 2 unspecified atom stereocenters. The van der Waals surface area contributed by atoms with Crippen molar-refractivity contribution in [2.45, 2.75) is 53.4 Å². The molecule has 2 atom stereocenters. The zero-order valence-electron chi connectivity index (χ0n) is 17.2. The maximum Gasteiger partial charge on any atom is 0.316 e. The van der Waals surface area contributed by atoms with E-state index in [0.717, 1.165) is 11.1 Å². The van der Waals surface area contributed by atoms with E-state index in [2.05, 4.69) is 0 Å². The van der Waals surface area contributed by atoms with Crippen LogP contribution in [0, 0.1) is 11.8 Å². The van der Waals surface area contributed by atoms with Gasteiger partial charge in [0.15, 0.2) is 11.6 Å². The molecule has 0 fully saturated rings. The molecule has 1 aromatic carbocycles. The Labute approximate surface area is 166 Å². The van der Waals surface area contributed by atoms with Gasteiger partial charge < -0.3 is 9.47 Å². The number of rotatable bonds is 12. The lowest BCUT2D eigenvalue weighted by Crippen LogP contribution is -2.27. The summed E-state index contributed by atoms with van der Waals surface area (Å²) in [6.45, 7) is 7.42. The van der Waals surface area contributed by atoms with Gasteiger partial charge in [0.1, 0.15) is 11.8 Å². The second-order valence-electron chi connectivity index (χ2n) is 6.53. The first kappa shape index (κ1) is 23.5. The van der Waals surface area contributed by atoms with Crippen LogP contribution < -0.4 is 0 Å². The monoisotopic (exact) mass is 390 g/mol. The van der Waals surface area contributed by atoms with Crippen molar-refractivity contribution in [1.82, 2.24) is 0 Å². The summed E-state index contributed by atoms with van der Waals surface area (Å²) in [4.78, 5) is 48.8. The first-order valence-electron chi connectivity index (χ1n) is 9.84. The van der Waals surface area contributed by atoms with Gasteiger partial charge >= 0.3 is 11.9 Å². The maximum atomic E-state index is 12.5. The lowest BCUT2D eigenvalue weighted by molar-refractivity contribution is -0.153. The average Bonchev–Trinajstić information content (AvgIpc) is 2.63. The predicted molar refractivity (Wildman–Crippen MR) is 105 cm³/mol. The number of benzene rings is 1. The lowest BCUT2D eigenvalue weighted by Gasteiger charge is -2.14. The Hall–Kier alpha value is -2.50. The summed E-state index contributed by atoms with van der Waals surface area (Å²) < 4.78 is 9.93. The summed E-state index contributed by atoms with van der Waals surface area (Å²) in [6, 6.07) is 7.10. The van der Waals surface area contributed by atoms with E-state index in [1.807, 2.05) is 0 Å². The van der Waals surface area contributed by atoms with Crippen molar-refractivity contribution in [3.63, 3.8) is 0 Å². The van der Waals surface area contributed by atoms with E-state index in [9.17, 15) is 19.2 Å². The highest BCUT2D eigenvalue weighted by Crippen LogP contribution is 2.16. The van der Waals surface area contributed by atoms with Crippen LogP contribution in [0.1, 0.15) is 51.7 Å². The largest absolute Gasteiger partial charge is 0.465 e. The van der Waals surface area contributed by atoms with Crippen molar-refractivity contribution < 1.29 is 28.7 Å². The second-order valence-corrected chi connectivity index (χ2v) is 6.53. The molecule has 0 aromatic heterocycles. The van der Waals surface area contributed by atoms with Crippen LogP contribution in [-0.2, 0) is 41.5 Å². The van der Waals surface area contributed by atoms with Crippen LogP contribution in [0.4, 0.5) is 0 Å². The Kier molecular flexibility index (Phi) is 10.1. The summed E-state index contributed by atoms with van der Waals surface area (Å²) in [5.41, 5.74) is 1.45. The summed E-state index contributed by atoms with van der Waals surface area (Å²) in [7, 11) is 0. The summed E-state index contributed by atoms with van der Waals surface area (Å²) >= 11 is 0. The van der Waals surface area contributed by atoms with Gasteiger partial charge in [0.05, 0.1) is 13.2 Å². The fourth-order valence-corrected chi connectivity index (χ4v) is 3.04. The summed E-state index contributed by atoms with van der Waals surface area (Å²) in [6.07, 6.45) is 0.948. The highest BCUT2D eigenvalue weighted by molar-refractivity contribution is 6.00. The zero-order chi connectivity index (χ0) is 21.1. The standard InChI is InChI=1S/C22H30O6/c1-5-17(21(25)27-7-3)19(23)13-15-10-9-11-16(12-15)14-20(24)18(6-2)22(26)28-8-4/h9-12,17-18H,5-8,13-14H2,1-4H3. The molecule has 0 saturated carbocycles. The number of hydrogen-bond donors (Lipinski definition) is 0. The molecule has 28 heavy (non-hydrogen) atoms. The Bertz CT molecular complexity index is 639. The van der Waals surface area contributed by atoms with Crippen LogP contribution in [-0.4, -0.2) is 36.7 Å². The molecule has 154 valence electrons. The highest BCUT2D eigenvalue weighted by Gasteiger charge is 2.27. The summed E-state index contributed by atoms with van der Waals surface area (Å²) in [5.74, 6) is -2.97.